The number of esters is 2. The van der Waals surface area contributed by atoms with Crippen molar-refractivity contribution in [3.05, 3.63) is 99.8 Å². The Morgan fingerprint density at radius 3 is 2.23 bits per heavy atom. The number of anilines is 1. The molecule has 1 N–H and O–H groups in total. The molecule has 31 heavy (non-hydrogen) atoms. The van der Waals surface area contributed by atoms with E-state index in [1.54, 1.807) is 48.5 Å². The van der Waals surface area contributed by atoms with Crippen molar-refractivity contribution in [1.82, 2.24) is 0 Å². The standard InChI is InChI=1S/C23H18Cl2FNO4/c24-17-10-6-11-18(25)21(17)27-22(31-20(28)13-15-7-2-1-3-8-15)23(29)30-14-16-9-4-5-12-19(16)26/h1-12,22,27H,13-14H2. The third kappa shape index (κ3) is 6.44. The number of carbonyl (C=O) groups excluding carboxylic acids is 2. The molecule has 0 aliphatic heterocycles. The van der Waals surface area contributed by atoms with E-state index in [1.165, 1.54) is 18.2 Å². The first-order valence-corrected chi connectivity index (χ1v) is 10.0. The molecule has 0 amide bonds. The second-order valence-electron chi connectivity index (χ2n) is 6.47. The maximum atomic E-state index is 13.8. The highest BCUT2D eigenvalue weighted by atomic mass is 35.5. The van der Waals surface area contributed by atoms with Gasteiger partial charge in [-0.15, -0.1) is 0 Å². The molecule has 0 aliphatic rings. The zero-order valence-corrected chi connectivity index (χ0v) is 17.7. The molecule has 0 radical (unpaired) electrons. The van der Waals surface area contributed by atoms with Crippen molar-refractivity contribution < 1.29 is 23.5 Å². The molecule has 1 atom stereocenters. The van der Waals surface area contributed by atoms with E-state index in [2.05, 4.69) is 5.32 Å². The van der Waals surface area contributed by atoms with E-state index in [0.29, 0.717) is 5.56 Å². The molecule has 160 valence electrons. The summed E-state index contributed by atoms with van der Waals surface area (Å²) in [6.45, 7) is -0.337. The Bertz CT molecular complexity index is 1040. The van der Waals surface area contributed by atoms with Crippen molar-refractivity contribution in [3.63, 3.8) is 0 Å². The summed E-state index contributed by atoms with van der Waals surface area (Å²) in [6, 6.07) is 19.5. The molecule has 3 aromatic carbocycles. The molecule has 3 aromatic rings. The quantitative estimate of drug-likeness (QED) is 0.359. The fourth-order valence-electron chi connectivity index (χ4n) is 2.68. The molecule has 8 heteroatoms. The summed E-state index contributed by atoms with van der Waals surface area (Å²) < 4.78 is 24.3. The van der Waals surface area contributed by atoms with E-state index in [9.17, 15) is 14.0 Å². The van der Waals surface area contributed by atoms with Crippen LogP contribution in [-0.2, 0) is 32.1 Å². The van der Waals surface area contributed by atoms with Gasteiger partial charge in [0, 0.05) is 5.56 Å². The van der Waals surface area contributed by atoms with Crippen LogP contribution in [0.25, 0.3) is 0 Å². The third-order valence-electron chi connectivity index (χ3n) is 4.22. The monoisotopic (exact) mass is 461 g/mol. The van der Waals surface area contributed by atoms with Gasteiger partial charge in [0.1, 0.15) is 12.4 Å². The van der Waals surface area contributed by atoms with Crippen LogP contribution in [0.5, 0.6) is 0 Å². The number of para-hydroxylation sites is 1. The van der Waals surface area contributed by atoms with Crippen LogP contribution in [-0.4, -0.2) is 18.2 Å². The van der Waals surface area contributed by atoms with Gasteiger partial charge < -0.3 is 14.8 Å². The lowest BCUT2D eigenvalue weighted by atomic mass is 10.2. The fourth-order valence-corrected chi connectivity index (χ4v) is 3.19. The van der Waals surface area contributed by atoms with Gasteiger partial charge in [0.25, 0.3) is 6.23 Å². The van der Waals surface area contributed by atoms with Gasteiger partial charge in [0.15, 0.2) is 0 Å². The highest BCUT2D eigenvalue weighted by Gasteiger charge is 2.26. The number of ether oxygens (including phenoxy) is 2. The Hall–Kier alpha value is -3.09. The molecule has 0 aromatic heterocycles. The first kappa shape index (κ1) is 22.6. The van der Waals surface area contributed by atoms with E-state index in [4.69, 9.17) is 32.7 Å². The molecule has 1 unspecified atom stereocenters. The fraction of sp³-hybridized carbons (Fsp3) is 0.130. The summed E-state index contributed by atoms with van der Waals surface area (Å²) in [4.78, 5) is 25.1. The minimum atomic E-state index is -1.54. The van der Waals surface area contributed by atoms with Gasteiger partial charge in [-0.3, -0.25) is 4.79 Å². The van der Waals surface area contributed by atoms with Crippen molar-refractivity contribution in [2.75, 3.05) is 5.32 Å². The van der Waals surface area contributed by atoms with Crippen LogP contribution in [0.3, 0.4) is 0 Å². The molecule has 0 heterocycles. The molecule has 0 fully saturated rings. The summed E-state index contributed by atoms with van der Waals surface area (Å²) >= 11 is 12.3. The Morgan fingerprint density at radius 1 is 0.903 bits per heavy atom. The van der Waals surface area contributed by atoms with Crippen molar-refractivity contribution in [2.45, 2.75) is 19.3 Å². The van der Waals surface area contributed by atoms with Gasteiger partial charge in [-0.2, -0.15) is 0 Å². The summed E-state index contributed by atoms with van der Waals surface area (Å²) in [5.41, 5.74) is 1.09. The Labute approximate surface area is 188 Å². The predicted molar refractivity (Wildman–Crippen MR) is 116 cm³/mol. The number of benzene rings is 3. The molecular formula is C23H18Cl2FNO4. The first-order valence-electron chi connectivity index (χ1n) is 9.28. The van der Waals surface area contributed by atoms with Crippen LogP contribution in [0.1, 0.15) is 11.1 Å². The van der Waals surface area contributed by atoms with Crippen LogP contribution in [0.4, 0.5) is 10.1 Å². The van der Waals surface area contributed by atoms with Crippen molar-refractivity contribution >= 4 is 40.8 Å². The Kier molecular flexibility index (Phi) is 7.87. The van der Waals surface area contributed by atoms with Gasteiger partial charge in [0.2, 0.25) is 0 Å². The Balaban J connectivity index is 1.75. The maximum absolute atomic E-state index is 13.8. The zero-order chi connectivity index (χ0) is 22.2. The van der Waals surface area contributed by atoms with Crippen LogP contribution < -0.4 is 5.32 Å². The summed E-state index contributed by atoms with van der Waals surface area (Å²) in [5.74, 6) is -2.12. The maximum Gasteiger partial charge on any atom is 0.369 e. The number of halogens is 3. The van der Waals surface area contributed by atoms with Crippen molar-refractivity contribution in [1.29, 1.82) is 0 Å². The lowest BCUT2D eigenvalue weighted by Crippen LogP contribution is -2.36. The lowest BCUT2D eigenvalue weighted by molar-refractivity contribution is -0.166. The minimum absolute atomic E-state index is 0.0597. The van der Waals surface area contributed by atoms with E-state index in [-0.39, 0.29) is 34.3 Å². The number of rotatable bonds is 8. The average molecular weight is 462 g/mol. The van der Waals surface area contributed by atoms with E-state index in [1.807, 2.05) is 6.07 Å². The van der Waals surface area contributed by atoms with E-state index >= 15 is 0 Å². The predicted octanol–water partition coefficient (Wildman–Crippen LogP) is 5.40. The van der Waals surface area contributed by atoms with Gasteiger partial charge >= 0.3 is 11.9 Å². The van der Waals surface area contributed by atoms with Crippen molar-refractivity contribution in [2.24, 2.45) is 0 Å². The third-order valence-corrected chi connectivity index (χ3v) is 4.85. The molecule has 0 saturated carbocycles. The Morgan fingerprint density at radius 2 is 1.55 bits per heavy atom. The van der Waals surface area contributed by atoms with Gasteiger partial charge in [-0.25, -0.2) is 9.18 Å². The largest absolute Gasteiger partial charge is 0.457 e. The van der Waals surface area contributed by atoms with Crippen LogP contribution in [0, 0.1) is 5.82 Å². The second kappa shape index (κ2) is 10.8. The summed E-state index contributed by atoms with van der Waals surface area (Å²) in [5, 5.41) is 3.15. The second-order valence-corrected chi connectivity index (χ2v) is 7.29. The van der Waals surface area contributed by atoms with Crippen LogP contribution in [0.15, 0.2) is 72.8 Å². The minimum Gasteiger partial charge on any atom is -0.457 e. The lowest BCUT2D eigenvalue weighted by Gasteiger charge is -2.20. The smallest absolute Gasteiger partial charge is 0.369 e. The number of hydrogen-bond acceptors (Lipinski definition) is 5. The van der Waals surface area contributed by atoms with Gasteiger partial charge in [-0.1, -0.05) is 77.8 Å². The molecule has 0 saturated heterocycles. The van der Waals surface area contributed by atoms with Crippen LogP contribution in [0.2, 0.25) is 10.0 Å². The normalized spacial score (nSPS) is 11.5. The van der Waals surface area contributed by atoms with Gasteiger partial charge in [-0.05, 0) is 23.8 Å². The molecule has 3 rings (SSSR count). The van der Waals surface area contributed by atoms with E-state index in [0.717, 1.165) is 0 Å². The van der Waals surface area contributed by atoms with Crippen molar-refractivity contribution in [3.8, 4) is 0 Å². The number of hydrogen-bond donors (Lipinski definition) is 1. The van der Waals surface area contributed by atoms with E-state index < -0.39 is 24.0 Å². The van der Waals surface area contributed by atoms with Gasteiger partial charge in [0.05, 0.1) is 22.2 Å². The topological polar surface area (TPSA) is 64.6 Å². The zero-order valence-electron chi connectivity index (χ0n) is 16.2. The SMILES string of the molecule is O=C(Cc1ccccc1)OC(Nc1c(Cl)cccc1Cl)C(=O)OCc1ccccc1F. The summed E-state index contributed by atoms with van der Waals surface area (Å²) in [7, 11) is 0. The molecule has 0 bridgehead atoms. The highest BCUT2D eigenvalue weighted by Crippen LogP contribution is 2.30. The molecular weight excluding hydrogens is 444 g/mol. The molecule has 0 spiro atoms. The molecule has 5 nitrogen and oxygen atoms in total. The number of carbonyl (C=O) groups is 2. The molecule has 0 aliphatic carbocycles. The van der Waals surface area contributed by atoms with Crippen LogP contribution >= 0.6 is 23.2 Å². The first-order chi connectivity index (χ1) is 14.9. The summed E-state index contributed by atoms with van der Waals surface area (Å²) in [6.07, 6.45) is -1.60. The number of nitrogens with one attached hydrogen (secondary N) is 1. The average Bonchev–Trinajstić information content (AvgIpc) is 2.75. The highest BCUT2D eigenvalue weighted by molar-refractivity contribution is 6.39.